The Bertz CT molecular complexity index is 412. The van der Waals surface area contributed by atoms with E-state index in [9.17, 15) is 9.59 Å². The lowest BCUT2D eigenvalue weighted by molar-refractivity contribution is -0.135. The Morgan fingerprint density at radius 3 is 2.67 bits per heavy atom. The molecule has 0 aliphatic heterocycles. The standard InChI is InChI=1S/C14H16O3S/c1-2-6-14(16)18-11-17-13(15)10-9-12-7-4-3-5-8-12/h3-5,7-10H,2,6,11H2,1H3/b10-9+. The number of ether oxygens (including phenoxy) is 1. The molecule has 0 amide bonds. The number of carbonyl (C=O) groups excluding carboxylic acids is 2. The van der Waals surface area contributed by atoms with Crippen molar-refractivity contribution < 1.29 is 14.3 Å². The van der Waals surface area contributed by atoms with E-state index in [0.717, 1.165) is 23.7 Å². The number of hydrogen-bond donors (Lipinski definition) is 0. The Hall–Kier alpha value is -1.55. The van der Waals surface area contributed by atoms with E-state index in [0.29, 0.717) is 6.42 Å². The molecule has 0 aromatic heterocycles. The lowest BCUT2D eigenvalue weighted by Gasteiger charge is -2.00. The van der Waals surface area contributed by atoms with Crippen LogP contribution in [0.3, 0.4) is 0 Å². The second-order valence-electron chi connectivity index (χ2n) is 3.59. The van der Waals surface area contributed by atoms with Gasteiger partial charge in [-0.15, -0.1) is 0 Å². The molecule has 0 radical (unpaired) electrons. The minimum absolute atomic E-state index is 0.0531. The maximum Gasteiger partial charge on any atom is 0.331 e. The molecular weight excluding hydrogens is 248 g/mol. The zero-order valence-corrected chi connectivity index (χ0v) is 11.1. The fourth-order valence-corrected chi connectivity index (χ4v) is 1.86. The van der Waals surface area contributed by atoms with Crippen molar-refractivity contribution in [2.75, 3.05) is 5.94 Å². The fraction of sp³-hybridized carbons (Fsp3) is 0.286. The molecule has 1 rings (SSSR count). The molecule has 0 N–H and O–H groups in total. The van der Waals surface area contributed by atoms with Crippen LogP contribution < -0.4 is 0 Å². The molecule has 0 spiro atoms. The highest BCUT2D eigenvalue weighted by Gasteiger charge is 2.03. The number of esters is 1. The maximum absolute atomic E-state index is 11.3. The van der Waals surface area contributed by atoms with Crippen molar-refractivity contribution in [2.24, 2.45) is 0 Å². The van der Waals surface area contributed by atoms with E-state index >= 15 is 0 Å². The summed E-state index contributed by atoms with van der Waals surface area (Å²) in [5.74, 6) is -0.354. The molecule has 0 heterocycles. The van der Waals surface area contributed by atoms with Crippen molar-refractivity contribution in [3.63, 3.8) is 0 Å². The van der Waals surface area contributed by atoms with E-state index in [4.69, 9.17) is 4.74 Å². The first-order valence-electron chi connectivity index (χ1n) is 5.78. The lowest BCUT2D eigenvalue weighted by atomic mass is 10.2. The molecule has 0 saturated carbocycles. The van der Waals surface area contributed by atoms with E-state index in [-0.39, 0.29) is 11.1 Å². The highest BCUT2D eigenvalue weighted by molar-refractivity contribution is 8.13. The SMILES string of the molecule is CCCC(=O)SCOC(=O)/C=C/c1ccccc1. The van der Waals surface area contributed by atoms with Gasteiger partial charge >= 0.3 is 5.97 Å². The highest BCUT2D eigenvalue weighted by Crippen LogP contribution is 2.08. The fourth-order valence-electron chi connectivity index (χ4n) is 1.21. The number of hydrogen-bond acceptors (Lipinski definition) is 4. The van der Waals surface area contributed by atoms with Gasteiger partial charge in [-0.1, -0.05) is 37.3 Å². The van der Waals surface area contributed by atoms with Crippen LogP contribution in [0.4, 0.5) is 0 Å². The topological polar surface area (TPSA) is 43.4 Å². The van der Waals surface area contributed by atoms with Crippen molar-refractivity contribution in [1.82, 2.24) is 0 Å². The highest BCUT2D eigenvalue weighted by atomic mass is 32.2. The monoisotopic (exact) mass is 264 g/mol. The average Bonchev–Trinajstić information content (AvgIpc) is 2.38. The maximum atomic E-state index is 11.3. The van der Waals surface area contributed by atoms with Crippen LogP contribution in [-0.2, 0) is 14.3 Å². The van der Waals surface area contributed by atoms with Crippen LogP contribution in [0.5, 0.6) is 0 Å². The molecule has 1 aromatic carbocycles. The number of benzene rings is 1. The van der Waals surface area contributed by atoms with Gasteiger partial charge in [-0.25, -0.2) is 4.79 Å². The summed E-state index contributed by atoms with van der Waals surface area (Å²) in [4.78, 5) is 22.5. The van der Waals surface area contributed by atoms with Crippen molar-refractivity contribution in [3.8, 4) is 0 Å². The van der Waals surface area contributed by atoms with Gasteiger partial charge in [0.1, 0.15) is 5.94 Å². The van der Waals surface area contributed by atoms with E-state index < -0.39 is 5.97 Å². The molecule has 0 saturated heterocycles. The van der Waals surface area contributed by atoms with Gasteiger partial charge < -0.3 is 4.74 Å². The van der Waals surface area contributed by atoms with Gasteiger partial charge in [0.25, 0.3) is 0 Å². The third-order valence-corrected chi connectivity index (χ3v) is 2.85. The lowest BCUT2D eigenvalue weighted by Crippen LogP contribution is -2.02. The van der Waals surface area contributed by atoms with Crippen molar-refractivity contribution in [1.29, 1.82) is 0 Å². The summed E-state index contributed by atoms with van der Waals surface area (Å²) in [6, 6.07) is 9.48. The molecule has 96 valence electrons. The van der Waals surface area contributed by atoms with E-state index in [1.54, 1.807) is 6.08 Å². The summed E-state index contributed by atoms with van der Waals surface area (Å²) in [6.45, 7) is 1.94. The van der Waals surface area contributed by atoms with Crippen LogP contribution in [-0.4, -0.2) is 17.0 Å². The second-order valence-corrected chi connectivity index (χ2v) is 4.57. The van der Waals surface area contributed by atoms with Gasteiger partial charge in [0.05, 0.1) is 0 Å². The van der Waals surface area contributed by atoms with Crippen LogP contribution >= 0.6 is 11.8 Å². The van der Waals surface area contributed by atoms with Gasteiger partial charge in [-0.3, -0.25) is 4.79 Å². The van der Waals surface area contributed by atoms with E-state index in [1.165, 1.54) is 6.08 Å². The third-order valence-electron chi connectivity index (χ3n) is 2.09. The van der Waals surface area contributed by atoms with Crippen molar-refractivity contribution >= 4 is 28.9 Å². The van der Waals surface area contributed by atoms with Crippen LogP contribution in [0.2, 0.25) is 0 Å². The second kappa shape index (κ2) is 8.53. The average molecular weight is 264 g/mol. The molecule has 0 bridgehead atoms. The smallest absolute Gasteiger partial charge is 0.331 e. The van der Waals surface area contributed by atoms with Crippen LogP contribution in [0, 0.1) is 0 Å². The Kier molecular flexibility index (Phi) is 6.87. The van der Waals surface area contributed by atoms with Crippen LogP contribution in [0.15, 0.2) is 36.4 Å². The number of thioether (sulfide) groups is 1. The molecule has 0 aliphatic carbocycles. The van der Waals surface area contributed by atoms with Gasteiger partial charge in [0.2, 0.25) is 0 Å². The first-order valence-corrected chi connectivity index (χ1v) is 6.76. The molecule has 0 atom stereocenters. The Morgan fingerprint density at radius 1 is 1.28 bits per heavy atom. The summed E-state index contributed by atoms with van der Waals surface area (Å²) in [5, 5.41) is 0.0531. The zero-order valence-electron chi connectivity index (χ0n) is 10.3. The van der Waals surface area contributed by atoms with Gasteiger partial charge in [0.15, 0.2) is 5.12 Å². The molecule has 1 aromatic rings. The van der Waals surface area contributed by atoms with Crippen molar-refractivity contribution in [2.45, 2.75) is 19.8 Å². The minimum atomic E-state index is -0.435. The zero-order chi connectivity index (χ0) is 13.2. The molecule has 0 aliphatic rings. The first kappa shape index (κ1) is 14.5. The summed E-state index contributed by atoms with van der Waals surface area (Å²) in [7, 11) is 0. The first-order chi connectivity index (χ1) is 8.72. The summed E-state index contributed by atoms with van der Waals surface area (Å²) in [6.07, 6.45) is 4.37. The van der Waals surface area contributed by atoms with E-state index in [1.807, 2.05) is 37.3 Å². The molecular formula is C14H16O3S. The minimum Gasteiger partial charge on any atom is -0.451 e. The molecule has 0 fully saturated rings. The Morgan fingerprint density at radius 2 is 2.00 bits per heavy atom. The predicted molar refractivity (Wildman–Crippen MR) is 73.9 cm³/mol. The van der Waals surface area contributed by atoms with Gasteiger partial charge in [-0.2, -0.15) is 0 Å². The Labute approximate surface area is 111 Å². The Balaban J connectivity index is 2.26. The van der Waals surface area contributed by atoms with Crippen LogP contribution in [0.1, 0.15) is 25.3 Å². The molecule has 18 heavy (non-hydrogen) atoms. The summed E-state index contributed by atoms with van der Waals surface area (Å²) >= 11 is 1.04. The largest absolute Gasteiger partial charge is 0.451 e. The third kappa shape index (κ3) is 6.25. The van der Waals surface area contributed by atoms with E-state index in [2.05, 4.69) is 0 Å². The molecule has 0 unspecified atom stereocenters. The molecule has 4 heteroatoms. The van der Waals surface area contributed by atoms with Crippen LogP contribution in [0.25, 0.3) is 6.08 Å². The van der Waals surface area contributed by atoms with Gasteiger partial charge in [-0.05, 0) is 29.8 Å². The number of rotatable bonds is 6. The normalized spacial score (nSPS) is 10.5. The number of carbonyl (C=O) groups is 2. The predicted octanol–water partition coefficient (Wildman–Crippen LogP) is 3.26. The van der Waals surface area contributed by atoms with Gasteiger partial charge in [0, 0.05) is 12.5 Å². The summed E-state index contributed by atoms with van der Waals surface area (Å²) < 4.78 is 4.90. The summed E-state index contributed by atoms with van der Waals surface area (Å²) in [5.41, 5.74) is 0.934. The quantitative estimate of drug-likeness (QED) is 0.449. The van der Waals surface area contributed by atoms with Crippen molar-refractivity contribution in [3.05, 3.63) is 42.0 Å². The molecule has 3 nitrogen and oxygen atoms in total.